The molecule has 0 saturated carbocycles. The number of para-hydroxylation sites is 1. The summed E-state index contributed by atoms with van der Waals surface area (Å²) in [6, 6.07) is 12.3. The second-order valence-electron chi connectivity index (χ2n) is 5.52. The van der Waals surface area contributed by atoms with Crippen molar-refractivity contribution < 1.29 is 18.0 Å². The average molecular weight is 396 g/mol. The Bertz CT molecular complexity index is 858. The van der Waals surface area contributed by atoms with Gasteiger partial charge in [0.1, 0.15) is 0 Å². The molecule has 3 nitrogen and oxygen atoms in total. The Labute approximate surface area is 156 Å². The number of aromatic nitrogens is 1. The zero-order valence-electron chi connectivity index (χ0n) is 13.5. The van der Waals surface area contributed by atoms with Gasteiger partial charge in [0.05, 0.1) is 15.8 Å². The molecule has 1 N–H and O–H groups in total. The lowest BCUT2D eigenvalue weighted by Crippen LogP contribution is -2.12. The number of carbonyl (C=O) groups is 1. The molecule has 2 aromatic carbocycles. The van der Waals surface area contributed by atoms with Crippen LogP contribution in [-0.4, -0.2) is 16.6 Å². The molecule has 0 aliphatic carbocycles. The van der Waals surface area contributed by atoms with Gasteiger partial charge in [-0.1, -0.05) is 23.9 Å². The normalized spacial score (nSPS) is 11.7. The van der Waals surface area contributed by atoms with E-state index in [0.29, 0.717) is 18.5 Å². The van der Waals surface area contributed by atoms with E-state index in [1.807, 2.05) is 24.3 Å². The van der Waals surface area contributed by atoms with Crippen LogP contribution in [0.4, 0.5) is 18.9 Å². The molecular formula is C18H15F3N2OS2. The number of hydrogen-bond acceptors (Lipinski definition) is 4. The highest BCUT2D eigenvalue weighted by Crippen LogP contribution is 2.31. The first-order valence-corrected chi connectivity index (χ1v) is 9.67. The molecule has 0 unspecified atom stereocenters. The molecule has 0 spiro atoms. The Morgan fingerprint density at radius 1 is 1.12 bits per heavy atom. The van der Waals surface area contributed by atoms with Crippen LogP contribution >= 0.6 is 23.1 Å². The van der Waals surface area contributed by atoms with Crippen LogP contribution in [-0.2, 0) is 11.0 Å². The number of fused-ring (bicyclic) bond motifs is 1. The van der Waals surface area contributed by atoms with Gasteiger partial charge in [0.25, 0.3) is 0 Å². The van der Waals surface area contributed by atoms with Gasteiger partial charge in [0.2, 0.25) is 5.91 Å². The quantitative estimate of drug-likeness (QED) is 0.421. The van der Waals surface area contributed by atoms with E-state index in [4.69, 9.17) is 0 Å². The van der Waals surface area contributed by atoms with Crippen molar-refractivity contribution >= 4 is 44.9 Å². The lowest BCUT2D eigenvalue weighted by Gasteiger charge is -2.08. The summed E-state index contributed by atoms with van der Waals surface area (Å²) in [5, 5.41) is 2.61. The summed E-state index contributed by atoms with van der Waals surface area (Å²) in [6.45, 7) is 0. The summed E-state index contributed by atoms with van der Waals surface area (Å²) >= 11 is 3.22. The number of thioether (sulfide) groups is 1. The minimum Gasteiger partial charge on any atom is -0.326 e. The van der Waals surface area contributed by atoms with E-state index in [-0.39, 0.29) is 5.91 Å². The standard InChI is InChI=1S/C18H15F3N2OS2/c19-18(20,21)12-7-9-13(10-8-12)22-16(24)6-3-11-25-17-23-14-4-1-2-5-15(14)26-17/h1-2,4-5,7-10H,3,6,11H2,(H,22,24). The van der Waals surface area contributed by atoms with Crippen LogP contribution in [0.5, 0.6) is 0 Å². The molecule has 0 fully saturated rings. The number of halogens is 3. The molecule has 0 saturated heterocycles. The number of alkyl halides is 3. The Balaban J connectivity index is 1.42. The fourth-order valence-electron chi connectivity index (χ4n) is 2.27. The van der Waals surface area contributed by atoms with Crippen molar-refractivity contribution in [3.05, 3.63) is 54.1 Å². The first-order valence-electron chi connectivity index (χ1n) is 7.87. The van der Waals surface area contributed by atoms with E-state index in [1.54, 1.807) is 23.1 Å². The summed E-state index contributed by atoms with van der Waals surface area (Å²) in [5.41, 5.74) is 0.601. The molecule has 136 valence electrons. The van der Waals surface area contributed by atoms with Gasteiger partial charge in [-0.3, -0.25) is 4.79 Å². The monoisotopic (exact) mass is 396 g/mol. The van der Waals surface area contributed by atoms with Gasteiger partial charge in [0.15, 0.2) is 4.34 Å². The maximum absolute atomic E-state index is 12.5. The second kappa shape index (κ2) is 8.09. The summed E-state index contributed by atoms with van der Waals surface area (Å²) < 4.78 is 39.6. The van der Waals surface area contributed by atoms with Crippen LogP contribution in [0.3, 0.4) is 0 Å². The van der Waals surface area contributed by atoms with E-state index in [0.717, 1.165) is 32.4 Å². The predicted molar refractivity (Wildman–Crippen MR) is 99.7 cm³/mol. The van der Waals surface area contributed by atoms with Crippen molar-refractivity contribution in [2.45, 2.75) is 23.4 Å². The zero-order valence-corrected chi connectivity index (χ0v) is 15.2. The Morgan fingerprint density at radius 3 is 2.54 bits per heavy atom. The van der Waals surface area contributed by atoms with Crippen LogP contribution in [0.15, 0.2) is 52.9 Å². The van der Waals surface area contributed by atoms with Crippen LogP contribution in [0.1, 0.15) is 18.4 Å². The minimum atomic E-state index is -4.37. The lowest BCUT2D eigenvalue weighted by molar-refractivity contribution is -0.137. The maximum Gasteiger partial charge on any atom is 0.416 e. The number of anilines is 1. The number of benzene rings is 2. The van der Waals surface area contributed by atoms with E-state index in [2.05, 4.69) is 10.3 Å². The summed E-state index contributed by atoms with van der Waals surface area (Å²) in [6.07, 6.45) is -3.41. The number of rotatable bonds is 6. The van der Waals surface area contributed by atoms with Crippen LogP contribution < -0.4 is 5.32 Å². The van der Waals surface area contributed by atoms with E-state index in [9.17, 15) is 18.0 Å². The van der Waals surface area contributed by atoms with Crippen LogP contribution in [0.2, 0.25) is 0 Å². The smallest absolute Gasteiger partial charge is 0.326 e. The molecule has 0 radical (unpaired) electrons. The molecule has 26 heavy (non-hydrogen) atoms. The Kier molecular flexibility index (Phi) is 5.83. The molecule has 3 rings (SSSR count). The van der Waals surface area contributed by atoms with E-state index >= 15 is 0 Å². The molecule has 0 atom stereocenters. The highest BCUT2D eigenvalue weighted by Gasteiger charge is 2.29. The van der Waals surface area contributed by atoms with Crippen molar-refractivity contribution in [3.63, 3.8) is 0 Å². The highest BCUT2D eigenvalue weighted by molar-refractivity contribution is 8.01. The third-order valence-corrected chi connectivity index (χ3v) is 5.81. The Hall–Kier alpha value is -2.06. The number of carbonyl (C=O) groups excluding carboxylic acids is 1. The SMILES string of the molecule is O=C(CCCSc1nc2ccccc2s1)Nc1ccc(C(F)(F)F)cc1. The maximum atomic E-state index is 12.5. The molecule has 1 aromatic heterocycles. The molecule has 0 bridgehead atoms. The van der Waals surface area contributed by atoms with Gasteiger partial charge in [0, 0.05) is 17.9 Å². The number of thiazole rings is 1. The third kappa shape index (κ3) is 4.98. The van der Waals surface area contributed by atoms with Gasteiger partial charge in [-0.25, -0.2) is 4.98 Å². The fraction of sp³-hybridized carbons (Fsp3) is 0.222. The van der Waals surface area contributed by atoms with Gasteiger partial charge < -0.3 is 5.32 Å². The molecule has 3 aromatic rings. The Morgan fingerprint density at radius 2 is 1.85 bits per heavy atom. The molecule has 1 amide bonds. The van der Waals surface area contributed by atoms with Gasteiger partial charge in [-0.2, -0.15) is 13.2 Å². The zero-order chi connectivity index (χ0) is 18.6. The molecule has 1 heterocycles. The van der Waals surface area contributed by atoms with Crippen molar-refractivity contribution in [2.24, 2.45) is 0 Å². The first-order chi connectivity index (χ1) is 12.4. The summed E-state index contributed by atoms with van der Waals surface area (Å²) in [4.78, 5) is 16.4. The molecular weight excluding hydrogens is 381 g/mol. The van der Waals surface area contributed by atoms with Crippen molar-refractivity contribution in [1.82, 2.24) is 4.98 Å². The number of amides is 1. The number of nitrogens with zero attached hydrogens (tertiary/aromatic N) is 1. The first kappa shape index (κ1) is 18.7. The second-order valence-corrected chi connectivity index (χ2v) is 7.90. The third-order valence-electron chi connectivity index (χ3n) is 3.54. The number of nitrogens with one attached hydrogen (secondary N) is 1. The van der Waals surface area contributed by atoms with Crippen LogP contribution in [0.25, 0.3) is 10.2 Å². The van der Waals surface area contributed by atoms with Crippen molar-refractivity contribution in [2.75, 3.05) is 11.1 Å². The van der Waals surface area contributed by atoms with E-state index in [1.165, 1.54) is 12.1 Å². The highest BCUT2D eigenvalue weighted by atomic mass is 32.2. The van der Waals surface area contributed by atoms with Crippen molar-refractivity contribution in [3.8, 4) is 0 Å². The molecule has 0 aliphatic heterocycles. The summed E-state index contributed by atoms with van der Waals surface area (Å²) in [7, 11) is 0. The average Bonchev–Trinajstić information content (AvgIpc) is 3.01. The van der Waals surface area contributed by atoms with Crippen LogP contribution in [0, 0.1) is 0 Å². The topological polar surface area (TPSA) is 42.0 Å². The van der Waals surface area contributed by atoms with Gasteiger partial charge in [-0.05, 0) is 42.8 Å². The van der Waals surface area contributed by atoms with Gasteiger partial charge >= 0.3 is 6.18 Å². The predicted octanol–water partition coefficient (Wildman–Crippen LogP) is 5.83. The lowest BCUT2D eigenvalue weighted by atomic mass is 10.2. The summed E-state index contributed by atoms with van der Waals surface area (Å²) in [5.74, 6) is 0.537. The fourth-order valence-corrected chi connectivity index (χ4v) is 4.35. The van der Waals surface area contributed by atoms with E-state index < -0.39 is 11.7 Å². The molecule has 8 heteroatoms. The number of hydrogen-bond donors (Lipinski definition) is 1. The largest absolute Gasteiger partial charge is 0.416 e. The molecule has 0 aliphatic rings. The minimum absolute atomic E-state index is 0.213. The van der Waals surface area contributed by atoms with Gasteiger partial charge in [-0.15, -0.1) is 11.3 Å². The van der Waals surface area contributed by atoms with Crippen molar-refractivity contribution in [1.29, 1.82) is 0 Å².